The number of nitrogens with zero attached hydrogens (tertiary/aromatic N) is 1. The number of carbonyl (C=O) groups is 1. The van der Waals surface area contributed by atoms with Gasteiger partial charge in [0.15, 0.2) is 0 Å². The molecule has 0 radical (unpaired) electrons. The van der Waals surface area contributed by atoms with E-state index in [1.54, 1.807) is 0 Å². The van der Waals surface area contributed by atoms with Crippen molar-refractivity contribution in [2.24, 2.45) is 5.41 Å². The minimum atomic E-state index is 0.231. The van der Waals surface area contributed by atoms with Crippen molar-refractivity contribution in [1.29, 1.82) is 0 Å². The van der Waals surface area contributed by atoms with Crippen molar-refractivity contribution in [3.63, 3.8) is 0 Å². The van der Waals surface area contributed by atoms with Gasteiger partial charge in [0.05, 0.1) is 0 Å². The molecule has 1 spiro atoms. The molecule has 2 fully saturated rings. The molecule has 2 aliphatic rings. The summed E-state index contributed by atoms with van der Waals surface area (Å²) in [5.41, 5.74) is 1.39. The Labute approximate surface area is 118 Å². The maximum Gasteiger partial charge on any atom is 0.223 e. The number of amides is 1. The normalized spacial score (nSPS) is 22.2. The smallest absolute Gasteiger partial charge is 0.223 e. The summed E-state index contributed by atoms with van der Waals surface area (Å²) >= 11 is 5.89. The first-order valence-electron chi connectivity index (χ1n) is 6.90. The van der Waals surface area contributed by atoms with E-state index in [1.807, 2.05) is 29.2 Å². The van der Waals surface area contributed by atoms with Crippen LogP contribution in [0.3, 0.4) is 0 Å². The molecule has 0 saturated carbocycles. The first-order valence-corrected chi connectivity index (χ1v) is 7.28. The fourth-order valence-electron chi connectivity index (χ4n) is 3.23. The number of hydrogen-bond acceptors (Lipinski definition) is 2. The molecule has 2 saturated heterocycles. The summed E-state index contributed by atoms with van der Waals surface area (Å²) in [5, 5.41) is 4.12. The quantitative estimate of drug-likeness (QED) is 0.901. The number of piperidine rings is 1. The molecule has 4 heteroatoms. The van der Waals surface area contributed by atoms with Gasteiger partial charge in [-0.05, 0) is 49.0 Å². The molecule has 1 aromatic rings. The van der Waals surface area contributed by atoms with Gasteiger partial charge in [0.2, 0.25) is 5.91 Å². The molecule has 2 aliphatic heterocycles. The Balaban J connectivity index is 1.68. The van der Waals surface area contributed by atoms with Gasteiger partial charge in [-0.25, -0.2) is 0 Å². The van der Waals surface area contributed by atoms with Crippen LogP contribution in [0.1, 0.15) is 24.8 Å². The van der Waals surface area contributed by atoms with Crippen molar-refractivity contribution in [3.05, 3.63) is 34.9 Å². The highest BCUT2D eigenvalue weighted by Crippen LogP contribution is 2.39. The average molecular weight is 279 g/mol. The third-order valence-corrected chi connectivity index (χ3v) is 4.61. The Morgan fingerprint density at radius 2 is 1.89 bits per heavy atom. The highest BCUT2D eigenvalue weighted by molar-refractivity contribution is 6.30. The SMILES string of the molecule is O=C1CC2(CCNCC2)CN1Cc1ccc(Cl)cc1. The molecule has 0 unspecified atom stereocenters. The molecule has 3 nitrogen and oxygen atoms in total. The van der Waals surface area contributed by atoms with E-state index in [1.165, 1.54) is 0 Å². The summed E-state index contributed by atoms with van der Waals surface area (Å²) in [7, 11) is 0. The first kappa shape index (κ1) is 12.9. The van der Waals surface area contributed by atoms with Crippen LogP contribution in [0.5, 0.6) is 0 Å². The molecule has 2 heterocycles. The molecule has 3 rings (SSSR count). The zero-order chi connectivity index (χ0) is 13.3. The molecule has 102 valence electrons. The maximum absolute atomic E-state index is 12.2. The number of nitrogens with one attached hydrogen (secondary N) is 1. The monoisotopic (exact) mass is 278 g/mol. The largest absolute Gasteiger partial charge is 0.338 e. The fraction of sp³-hybridized carbons (Fsp3) is 0.533. The molecule has 19 heavy (non-hydrogen) atoms. The lowest BCUT2D eigenvalue weighted by Crippen LogP contribution is -2.38. The summed E-state index contributed by atoms with van der Waals surface area (Å²) in [6, 6.07) is 7.78. The highest BCUT2D eigenvalue weighted by atomic mass is 35.5. The second kappa shape index (κ2) is 5.14. The predicted molar refractivity (Wildman–Crippen MR) is 76.0 cm³/mol. The van der Waals surface area contributed by atoms with Crippen LogP contribution < -0.4 is 5.32 Å². The van der Waals surface area contributed by atoms with E-state index in [-0.39, 0.29) is 5.41 Å². The van der Waals surface area contributed by atoms with Gasteiger partial charge in [-0.3, -0.25) is 4.79 Å². The molecular weight excluding hydrogens is 260 g/mol. The Hall–Kier alpha value is -1.06. The van der Waals surface area contributed by atoms with Crippen LogP contribution >= 0.6 is 11.6 Å². The van der Waals surface area contributed by atoms with Gasteiger partial charge in [-0.15, -0.1) is 0 Å². The summed E-state index contributed by atoms with van der Waals surface area (Å²) in [5.74, 6) is 0.303. The van der Waals surface area contributed by atoms with Crippen molar-refractivity contribution >= 4 is 17.5 Å². The summed E-state index contributed by atoms with van der Waals surface area (Å²) in [6.07, 6.45) is 2.97. The Bertz CT molecular complexity index is 466. The summed E-state index contributed by atoms with van der Waals surface area (Å²) in [6.45, 7) is 3.71. The number of carbonyl (C=O) groups excluding carboxylic acids is 1. The molecule has 1 N–H and O–H groups in total. The first-order chi connectivity index (χ1) is 9.17. The minimum Gasteiger partial charge on any atom is -0.338 e. The maximum atomic E-state index is 12.2. The lowest BCUT2D eigenvalue weighted by Gasteiger charge is -2.33. The van der Waals surface area contributed by atoms with E-state index >= 15 is 0 Å². The van der Waals surface area contributed by atoms with E-state index in [9.17, 15) is 4.79 Å². The van der Waals surface area contributed by atoms with E-state index in [0.29, 0.717) is 12.5 Å². The molecule has 1 amide bonds. The van der Waals surface area contributed by atoms with Crippen LogP contribution in [0, 0.1) is 5.41 Å². The predicted octanol–water partition coefficient (Wildman–Crippen LogP) is 2.44. The summed E-state index contributed by atoms with van der Waals surface area (Å²) in [4.78, 5) is 14.2. The van der Waals surface area contributed by atoms with Gasteiger partial charge in [-0.1, -0.05) is 23.7 Å². The van der Waals surface area contributed by atoms with Crippen molar-refractivity contribution in [3.8, 4) is 0 Å². The van der Waals surface area contributed by atoms with Crippen LogP contribution in [0.15, 0.2) is 24.3 Å². The average Bonchev–Trinajstić information content (AvgIpc) is 2.69. The number of rotatable bonds is 2. The standard InChI is InChI=1S/C15H19ClN2O/c16-13-3-1-12(2-4-13)10-18-11-15(9-14(18)19)5-7-17-8-6-15/h1-4,17H,5-11H2. The van der Waals surface area contributed by atoms with Crippen LogP contribution in [0.2, 0.25) is 5.02 Å². The Morgan fingerprint density at radius 1 is 1.21 bits per heavy atom. The lowest BCUT2D eigenvalue weighted by atomic mass is 9.78. The van der Waals surface area contributed by atoms with Gasteiger partial charge in [0.1, 0.15) is 0 Å². The second-order valence-electron chi connectivity index (χ2n) is 5.80. The third kappa shape index (κ3) is 2.77. The van der Waals surface area contributed by atoms with Crippen LogP contribution in [0.4, 0.5) is 0 Å². The fourth-order valence-corrected chi connectivity index (χ4v) is 3.35. The van der Waals surface area contributed by atoms with Gasteiger partial charge in [0, 0.05) is 24.5 Å². The van der Waals surface area contributed by atoms with Crippen molar-refractivity contribution in [2.75, 3.05) is 19.6 Å². The van der Waals surface area contributed by atoms with Gasteiger partial charge in [-0.2, -0.15) is 0 Å². The number of halogens is 1. The van der Waals surface area contributed by atoms with E-state index in [2.05, 4.69) is 5.32 Å². The second-order valence-corrected chi connectivity index (χ2v) is 6.24. The Kier molecular flexibility index (Phi) is 3.50. The highest BCUT2D eigenvalue weighted by Gasteiger charge is 2.43. The number of benzene rings is 1. The topological polar surface area (TPSA) is 32.3 Å². The Morgan fingerprint density at radius 3 is 2.58 bits per heavy atom. The van der Waals surface area contributed by atoms with Crippen LogP contribution in [-0.4, -0.2) is 30.4 Å². The number of hydrogen-bond donors (Lipinski definition) is 1. The zero-order valence-corrected chi connectivity index (χ0v) is 11.7. The number of likely N-dealkylation sites (tertiary alicyclic amines) is 1. The molecule has 0 bridgehead atoms. The van der Waals surface area contributed by atoms with Crippen molar-refractivity contribution < 1.29 is 4.79 Å². The van der Waals surface area contributed by atoms with Crippen LogP contribution in [-0.2, 0) is 11.3 Å². The van der Waals surface area contributed by atoms with Crippen molar-refractivity contribution in [2.45, 2.75) is 25.8 Å². The van der Waals surface area contributed by atoms with E-state index in [0.717, 1.165) is 49.5 Å². The molecule has 0 aliphatic carbocycles. The van der Waals surface area contributed by atoms with Crippen LogP contribution in [0.25, 0.3) is 0 Å². The molecule has 1 aromatic carbocycles. The minimum absolute atomic E-state index is 0.231. The molecule has 0 aromatic heterocycles. The zero-order valence-electron chi connectivity index (χ0n) is 11.0. The van der Waals surface area contributed by atoms with Gasteiger partial charge in [0.25, 0.3) is 0 Å². The van der Waals surface area contributed by atoms with Crippen molar-refractivity contribution in [1.82, 2.24) is 10.2 Å². The van der Waals surface area contributed by atoms with Gasteiger partial charge < -0.3 is 10.2 Å². The van der Waals surface area contributed by atoms with Gasteiger partial charge >= 0.3 is 0 Å². The van der Waals surface area contributed by atoms with E-state index < -0.39 is 0 Å². The lowest BCUT2D eigenvalue weighted by molar-refractivity contribution is -0.128. The van der Waals surface area contributed by atoms with E-state index in [4.69, 9.17) is 11.6 Å². The molecular formula is C15H19ClN2O. The molecule has 0 atom stereocenters. The third-order valence-electron chi connectivity index (χ3n) is 4.36. The summed E-state index contributed by atoms with van der Waals surface area (Å²) < 4.78 is 0.